The second kappa shape index (κ2) is 6.19. The van der Waals surface area contributed by atoms with Crippen LogP contribution in [0.1, 0.15) is 40.6 Å². The number of imidazole rings is 1. The molecule has 1 aliphatic heterocycles. The van der Waals surface area contributed by atoms with Crippen LogP contribution in [0.5, 0.6) is 0 Å². The van der Waals surface area contributed by atoms with E-state index >= 15 is 0 Å². The van der Waals surface area contributed by atoms with Crippen LogP contribution in [0.2, 0.25) is 5.02 Å². The van der Waals surface area contributed by atoms with Crippen LogP contribution in [-0.2, 0) is 7.05 Å². The maximum Gasteiger partial charge on any atom is 0.273 e. The molecule has 0 aliphatic carbocycles. The lowest BCUT2D eigenvalue weighted by molar-refractivity contribution is 0.0694. The molecular weight excluding hydrogens is 338 g/mol. The van der Waals surface area contributed by atoms with Crippen molar-refractivity contribution in [3.8, 4) is 0 Å². The first-order valence-electron chi connectivity index (χ1n) is 8.46. The number of nitrogens with one attached hydrogen (secondary N) is 1. The predicted octanol–water partition coefficient (Wildman–Crippen LogP) is 3.28. The van der Waals surface area contributed by atoms with Gasteiger partial charge in [0.05, 0.1) is 22.3 Å². The van der Waals surface area contributed by atoms with E-state index in [1.54, 1.807) is 11.7 Å². The smallest absolute Gasteiger partial charge is 0.273 e. The first-order valence-corrected chi connectivity index (χ1v) is 8.84. The second-order valence-electron chi connectivity index (χ2n) is 6.65. The molecule has 1 atom stereocenters. The highest BCUT2D eigenvalue weighted by atomic mass is 35.5. The number of benzene rings is 1. The molecule has 1 aliphatic rings. The molecule has 7 heteroatoms. The number of carbonyl (C=O) groups is 1. The van der Waals surface area contributed by atoms with Gasteiger partial charge >= 0.3 is 0 Å². The quantitative estimate of drug-likeness (QED) is 0.765. The molecule has 3 aromatic rings. The Balaban J connectivity index is 1.60. The minimum atomic E-state index is -0.0676. The molecular formula is C18H20ClN5O. The van der Waals surface area contributed by atoms with Gasteiger partial charge in [-0.05, 0) is 31.4 Å². The van der Waals surface area contributed by atoms with E-state index in [4.69, 9.17) is 16.6 Å². The topological polar surface area (TPSA) is 66.8 Å². The number of halogens is 1. The molecule has 0 saturated carbocycles. The summed E-state index contributed by atoms with van der Waals surface area (Å²) >= 11 is 6.13. The fraction of sp³-hybridized carbons (Fsp3) is 0.389. The van der Waals surface area contributed by atoms with E-state index in [9.17, 15) is 4.79 Å². The van der Waals surface area contributed by atoms with Gasteiger partial charge in [0.25, 0.3) is 5.91 Å². The molecule has 0 radical (unpaired) electrons. The number of hydrogen-bond donors (Lipinski definition) is 1. The van der Waals surface area contributed by atoms with Crippen LogP contribution in [0.15, 0.2) is 24.4 Å². The number of aromatic amines is 1. The number of rotatable bonds is 2. The van der Waals surface area contributed by atoms with Crippen molar-refractivity contribution in [2.24, 2.45) is 7.05 Å². The van der Waals surface area contributed by atoms with E-state index in [0.29, 0.717) is 17.3 Å². The Hall–Kier alpha value is -2.34. The standard InChI is InChI=1S/C18H20ClN5O/c1-11-5-3-7-14-15(11)22-17(21-14)12-6-4-8-24(10-12)18(25)16-13(19)9-20-23(16)2/h3,5,7,9,12H,4,6,8,10H2,1-2H3,(H,21,22)/t12-/m0/s1. The Morgan fingerprint density at radius 2 is 2.24 bits per heavy atom. The third-order valence-electron chi connectivity index (χ3n) is 4.92. The predicted molar refractivity (Wildman–Crippen MR) is 96.9 cm³/mol. The molecule has 0 unspecified atom stereocenters. The van der Waals surface area contributed by atoms with Crippen molar-refractivity contribution in [1.29, 1.82) is 0 Å². The zero-order valence-electron chi connectivity index (χ0n) is 14.3. The van der Waals surface area contributed by atoms with Crippen molar-refractivity contribution in [1.82, 2.24) is 24.6 Å². The van der Waals surface area contributed by atoms with Gasteiger partial charge < -0.3 is 9.88 Å². The average Bonchev–Trinajstić information content (AvgIpc) is 3.19. The van der Waals surface area contributed by atoms with Gasteiger partial charge in [-0.2, -0.15) is 5.10 Å². The minimum Gasteiger partial charge on any atom is -0.342 e. The largest absolute Gasteiger partial charge is 0.342 e. The molecule has 0 bridgehead atoms. The second-order valence-corrected chi connectivity index (χ2v) is 7.06. The Bertz CT molecular complexity index is 925. The summed E-state index contributed by atoms with van der Waals surface area (Å²) in [4.78, 5) is 22.9. The lowest BCUT2D eigenvalue weighted by Crippen LogP contribution is -2.40. The zero-order chi connectivity index (χ0) is 17.6. The van der Waals surface area contributed by atoms with Gasteiger partial charge in [-0.25, -0.2) is 4.98 Å². The first kappa shape index (κ1) is 16.1. The van der Waals surface area contributed by atoms with E-state index in [-0.39, 0.29) is 11.8 Å². The van der Waals surface area contributed by atoms with Gasteiger partial charge in [-0.15, -0.1) is 0 Å². The highest BCUT2D eigenvalue weighted by Gasteiger charge is 2.29. The molecule has 1 amide bonds. The van der Waals surface area contributed by atoms with Gasteiger partial charge in [0.15, 0.2) is 0 Å². The van der Waals surface area contributed by atoms with E-state index in [0.717, 1.165) is 41.8 Å². The van der Waals surface area contributed by atoms with Crippen molar-refractivity contribution < 1.29 is 4.79 Å². The monoisotopic (exact) mass is 357 g/mol. The normalized spacial score (nSPS) is 18.0. The molecule has 1 fully saturated rings. The van der Waals surface area contributed by atoms with Gasteiger partial charge in [0, 0.05) is 26.1 Å². The Morgan fingerprint density at radius 1 is 1.40 bits per heavy atom. The zero-order valence-corrected chi connectivity index (χ0v) is 15.0. The number of carbonyl (C=O) groups excluding carboxylic acids is 1. The number of H-pyrrole nitrogens is 1. The molecule has 1 saturated heterocycles. The summed E-state index contributed by atoms with van der Waals surface area (Å²) in [6.45, 7) is 3.43. The fourth-order valence-corrected chi connectivity index (χ4v) is 3.82. The number of aromatic nitrogens is 4. The number of likely N-dealkylation sites (tertiary alicyclic amines) is 1. The van der Waals surface area contributed by atoms with E-state index in [1.165, 1.54) is 6.20 Å². The molecule has 1 aromatic carbocycles. The number of fused-ring (bicyclic) bond motifs is 1. The van der Waals surface area contributed by atoms with Crippen LogP contribution >= 0.6 is 11.6 Å². The number of aryl methyl sites for hydroxylation is 2. The summed E-state index contributed by atoms with van der Waals surface area (Å²) in [6, 6.07) is 6.13. The Kier molecular flexibility index (Phi) is 4.00. The number of piperidine rings is 1. The Labute approximate surface area is 150 Å². The van der Waals surface area contributed by atoms with Crippen LogP contribution in [-0.4, -0.2) is 43.6 Å². The van der Waals surface area contributed by atoms with Crippen LogP contribution in [0, 0.1) is 6.92 Å². The molecule has 130 valence electrons. The van der Waals surface area contributed by atoms with E-state index < -0.39 is 0 Å². The number of nitrogens with zero attached hydrogens (tertiary/aromatic N) is 4. The van der Waals surface area contributed by atoms with Gasteiger partial charge in [-0.3, -0.25) is 9.48 Å². The minimum absolute atomic E-state index is 0.0676. The Morgan fingerprint density at radius 3 is 2.96 bits per heavy atom. The van der Waals surface area contributed by atoms with Gasteiger partial charge in [0.1, 0.15) is 11.5 Å². The van der Waals surface area contributed by atoms with Gasteiger partial charge in [-0.1, -0.05) is 23.7 Å². The third-order valence-corrected chi connectivity index (χ3v) is 5.20. The van der Waals surface area contributed by atoms with Gasteiger partial charge in [0.2, 0.25) is 0 Å². The van der Waals surface area contributed by atoms with Crippen LogP contribution < -0.4 is 0 Å². The third kappa shape index (κ3) is 2.80. The van der Waals surface area contributed by atoms with E-state index in [1.807, 2.05) is 17.0 Å². The number of para-hydroxylation sites is 1. The summed E-state index contributed by atoms with van der Waals surface area (Å²) in [5.41, 5.74) is 3.66. The lowest BCUT2D eigenvalue weighted by atomic mass is 9.97. The summed E-state index contributed by atoms with van der Waals surface area (Å²) in [6.07, 6.45) is 3.47. The summed E-state index contributed by atoms with van der Waals surface area (Å²) in [5, 5.41) is 4.46. The van der Waals surface area contributed by atoms with Crippen molar-refractivity contribution in [2.45, 2.75) is 25.7 Å². The van der Waals surface area contributed by atoms with Crippen LogP contribution in [0.25, 0.3) is 11.0 Å². The fourth-order valence-electron chi connectivity index (χ4n) is 3.57. The maximum absolute atomic E-state index is 12.9. The van der Waals surface area contributed by atoms with Crippen molar-refractivity contribution in [3.05, 3.63) is 46.5 Å². The molecule has 2 aromatic heterocycles. The molecule has 3 heterocycles. The summed E-state index contributed by atoms with van der Waals surface area (Å²) in [5.74, 6) is 1.09. The van der Waals surface area contributed by atoms with E-state index in [2.05, 4.69) is 23.1 Å². The molecule has 25 heavy (non-hydrogen) atoms. The summed E-state index contributed by atoms with van der Waals surface area (Å²) in [7, 11) is 1.74. The molecule has 6 nitrogen and oxygen atoms in total. The maximum atomic E-state index is 12.9. The number of amides is 1. The van der Waals surface area contributed by atoms with Crippen LogP contribution in [0.3, 0.4) is 0 Å². The van der Waals surface area contributed by atoms with Crippen LogP contribution in [0.4, 0.5) is 0 Å². The van der Waals surface area contributed by atoms with Crippen molar-refractivity contribution >= 4 is 28.5 Å². The first-order chi connectivity index (χ1) is 12.0. The lowest BCUT2D eigenvalue weighted by Gasteiger charge is -2.31. The average molecular weight is 358 g/mol. The molecule has 4 rings (SSSR count). The SMILES string of the molecule is Cc1cccc2[nH]c([C@H]3CCCN(C(=O)c4c(Cl)cnn4C)C3)nc12. The number of hydrogen-bond acceptors (Lipinski definition) is 3. The molecule has 1 N–H and O–H groups in total. The highest BCUT2D eigenvalue weighted by Crippen LogP contribution is 2.29. The van der Waals surface area contributed by atoms with Crippen molar-refractivity contribution in [2.75, 3.05) is 13.1 Å². The molecule has 0 spiro atoms. The summed E-state index contributed by atoms with van der Waals surface area (Å²) < 4.78 is 1.54. The van der Waals surface area contributed by atoms with Crippen molar-refractivity contribution in [3.63, 3.8) is 0 Å². The highest BCUT2D eigenvalue weighted by molar-refractivity contribution is 6.33.